The maximum absolute atomic E-state index is 12.6. The van der Waals surface area contributed by atoms with E-state index in [0.717, 1.165) is 37.2 Å². The Morgan fingerprint density at radius 2 is 1.70 bits per heavy atom. The molecule has 1 aliphatic rings. The van der Waals surface area contributed by atoms with Crippen LogP contribution in [0.2, 0.25) is 0 Å². The van der Waals surface area contributed by atoms with Gasteiger partial charge in [-0.15, -0.1) is 0 Å². The number of nitrogen functional groups attached to an aromatic ring is 2. The summed E-state index contributed by atoms with van der Waals surface area (Å²) < 4.78 is 36.3. The third kappa shape index (κ3) is 5.70. The fraction of sp³-hybridized carbons (Fsp3) is 0.321. The minimum Gasteiger partial charge on any atom is -0.398 e. The van der Waals surface area contributed by atoms with Gasteiger partial charge in [0.05, 0.1) is 16.8 Å². The van der Waals surface area contributed by atoms with Gasteiger partial charge >= 0.3 is 0 Å². The first kappa shape index (κ1) is 27.7. The van der Waals surface area contributed by atoms with Gasteiger partial charge in [-0.1, -0.05) is 29.4 Å². The van der Waals surface area contributed by atoms with E-state index in [1.165, 1.54) is 32.2 Å². The molecule has 0 atom stereocenters. The summed E-state index contributed by atoms with van der Waals surface area (Å²) in [6, 6.07) is 14.2. The van der Waals surface area contributed by atoms with Crippen molar-refractivity contribution >= 4 is 21.3 Å². The van der Waals surface area contributed by atoms with Gasteiger partial charge in [0.1, 0.15) is 10.6 Å². The van der Waals surface area contributed by atoms with Crippen molar-refractivity contribution in [3.63, 3.8) is 0 Å². The molecule has 1 aliphatic heterocycles. The standard InChI is InChI=1S/C28H33N7O4S/c1-28(2,31)40(36,37)21-7-5-17(6-8-21)24-16-33-27(30)26(34-24)25-14-23(35-39-25)18-3-4-19(22(29)13-18)15-32-20-9-11-38-12-10-20/h3-8,13-14,16,20,32H,9-12,15,29,31H2,1-2H3,(H2,30,33). The molecule has 0 aliphatic carbocycles. The van der Waals surface area contributed by atoms with Crippen molar-refractivity contribution in [1.29, 1.82) is 0 Å². The monoisotopic (exact) mass is 563 g/mol. The van der Waals surface area contributed by atoms with E-state index in [1.807, 2.05) is 18.2 Å². The molecule has 12 heteroatoms. The van der Waals surface area contributed by atoms with E-state index < -0.39 is 14.7 Å². The number of sulfone groups is 1. The van der Waals surface area contributed by atoms with Gasteiger partial charge in [0.25, 0.3) is 0 Å². The molecule has 0 saturated carbocycles. The van der Waals surface area contributed by atoms with E-state index in [1.54, 1.807) is 18.2 Å². The van der Waals surface area contributed by atoms with Gasteiger partial charge in [0, 0.05) is 48.7 Å². The first-order valence-electron chi connectivity index (χ1n) is 13.0. The Morgan fingerprint density at radius 3 is 2.38 bits per heavy atom. The highest BCUT2D eigenvalue weighted by atomic mass is 32.2. The maximum Gasteiger partial charge on any atom is 0.196 e. The molecule has 5 rings (SSSR count). The van der Waals surface area contributed by atoms with Gasteiger partial charge in [-0.3, -0.25) is 0 Å². The third-order valence-corrected chi connectivity index (χ3v) is 9.22. The SMILES string of the molecule is CC(C)(N)S(=O)(=O)c1ccc(-c2cnc(N)c(-c3cc(-c4ccc(CNC5CCOCC5)c(N)c4)no3)n2)cc1. The normalized spacial score (nSPS) is 14.9. The molecule has 0 radical (unpaired) electrons. The summed E-state index contributed by atoms with van der Waals surface area (Å²) in [4.78, 5) is 7.61. The van der Waals surface area contributed by atoms with Crippen LogP contribution < -0.4 is 22.5 Å². The van der Waals surface area contributed by atoms with Crippen LogP contribution in [0.15, 0.2) is 64.1 Å². The van der Waals surface area contributed by atoms with Gasteiger partial charge in [-0.25, -0.2) is 18.4 Å². The van der Waals surface area contributed by atoms with Crippen LogP contribution in [0, 0.1) is 0 Å². The molecule has 3 heterocycles. The smallest absolute Gasteiger partial charge is 0.196 e. The van der Waals surface area contributed by atoms with Crippen molar-refractivity contribution in [1.82, 2.24) is 20.4 Å². The quantitative estimate of drug-likeness (QED) is 0.230. The molecule has 40 heavy (non-hydrogen) atoms. The van der Waals surface area contributed by atoms with Crippen molar-refractivity contribution in [2.75, 3.05) is 24.7 Å². The van der Waals surface area contributed by atoms with Crippen molar-refractivity contribution in [2.45, 2.75) is 49.0 Å². The minimum atomic E-state index is -3.69. The van der Waals surface area contributed by atoms with E-state index in [4.69, 9.17) is 26.5 Å². The highest BCUT2D eigenvalue weighted by Gasteiger charge is 2.31. The average molecular weight is 564 g/mol. The number of anilines is 2. The third-order valence-electron chi connectivity index (χ3n) is 6.94. The Hall–Kier alpha value is -3.84. The molecule has 1 saturated heterocycles. The van der Waals surface area contributed by atoms with Crippen LogP contribution in [0.5, 0.6) is 0 Å². The summed E-state index contributed by atoms with van der Waals surface area (Å²) in [6.45, 7) is 5.14. The topological polar surface area (TPSA) is 185 Å². The lowest BCUT2D eigenvalue weighted by Gasteiger charge is -2.23. The lowest BCUT2D eigenvalue weighted by Crippen LogP contribution is -2.41. The summed E-state index contributed by atoms with van der Waals surface area (Å²) in [6.07, 6.45) is 3.50. The van der Waals surface area contributed by atoms with Gasteiger partial charge in [-0.2, -0.15) is 0 Å². The fourth-order valence-corrected chi connectivity index (χ4v) is 5.52. The Morgan fingerprint density at radius 1 is 1.00 bits per heavy atom. The first-order chi connectivity index (χ1) is 19.0. The second-order valence-electron chi connectivity index (χ2n) is 10.4. The summed E-state index contributed by atoms with van der Waals surface area (Å²) in [5.41, 5.74) is 22.8. The van der Waals surface area contributed by atoms with Crippen molar-refractivity contribution < 1.29 is 17.7 Å². The van der Waals surface area contributed by atoms with Gasteiger partial charge < -0.3 is 31.8 Å². The van der Waals surface area contributed by atoms with E-state index in [0.29, 0.717) is 46.7 Å². The van der Waals surface area contributed by atoms with E-state index in [-0.39, 0.29) is 10.7 Å². The number of rotatable bonds is 8. The largest absolute Gasteiger partial charge is 0.398 e. The number of nitrogens with one attached hydrogen (secondary N) is 1. The number of aromatic nitrogens is 3. The van der Waals surface area contributed by atoms with Crippen LogP contribution in [0.25, 0.3) is 34.0 Å². The number of benzene rings is 2. The van der Waals surface area contributed by atoms with E-state index in [9.17, 15) is 8.42 Å². The Bertz CT molecular complexity index is 1610. The van der Waals surface area contributed by atoms with Crippen LogP contribution in [-0.4, -0.2) is 47.7 Å². The Kier molecular flexibility index (Phi) is 7.60. The number of nitrogens with zero attached hydrogens (tertiary/aromatic N) is 3. The molecule has 0 unspecified atom stereocenters. The number of hydrogen-bond acceptors (Lipinski definition) is 11. The summed E-state index contributed by atoms with van der Waals surface area (Å²) in [5.74, 6) is 0.513. The first-order valence-corrected chi connectivity index (χ1v) is 14.4. The molecule has 2 aromatic heterocycles. The van der Waals surface area contributed by atoms with Crippen molar-refractivity contribution in [2.24, 2.45) is 5.73 Å². The summed E-state index contributed by atoms with van der Waals surface area (Å²) in [7, 11) is -3.69. The molecule has 11 nitrogen and oxygen atoms in total. The molecule has 0 bridgehead atoms. The zero-order chi connectivity index (χ0) is 28.5. The molecule has 0 spiro atoms. The molecular weight excluding hydrogens is 530 g/mol. The van der Waals surface area contributed by atoms with Gasteiger partial charge in [0.2, 0.25) is 0 Å². The molecule has 4 aromatic rings. The molecule has 7 N–H and O–H groups in total. The van der Waals surface area contributed by atoms with Crippen LogP contribution in [0.4, 0.5) is 11.5 Å². The predicted molar refractivity (Wildman–Crippen MR) is 153 cm³/mol. The molecule has 1 fully saturated rings. The number of ether oxygens (including phenoxy) is 1. The van der Waals surface area contributed by atoms with Gasteiger partial charge in [0.15, 0.2) is 27.1 Å². The number of hydrogen-bond donors (Lipinski definition) is 4. The van der Waals surface area contributed by atoms with Crippen LogP contribution in [-0.2, 0) is 21.1 Å². The zero-order valence-electron chi connectivity index (χ0n) is 22.4. The predicted octanol–water partition coefficient (Wildman–Crippen LogP) is 3.37. The van der Waals surface area contributed by atoms with Crippen LogP contribution in [0.1, 0.15) is 32.3 Å². The Labute approximate surface area is 233 Å². The zero-order valence-corrected chi connectivity index (χ0v) is 23.2. The summed E-state index contributed by atoms with van der Waals surface area (Å²) >= 11 is 0. The molecule has 2 aromatic carbocycles. The molecule has 0 amide bonds. The van der Waals surface area contributed by atoms with Crippen LogP contribution >= 0.6 is 0 Å². The lowest BCUT2D eigenvalue weighted by atomic mass is 10.0. The molecule has 210 valence electrons. The number of nitrogens with two attached hydrogens (primary N) is 3. The van der Waals surface area contributed by atoms with Crippen molar-refractivity contribution in [3.8, 4) is 34.0 Å². The highest BCUT2D eigenvalue weighted by molar-refractivity contribution is 7.92. The molecular formula is C28H33N7O4S. The summed E-state index contributed by atoms with van der Waals surface area (Å²) in [5, 5.41) is 7.74. The van der Waals surface area contributed by atoms with Crippen LogP contribution in [0.3, 0.4) is 0 Å². The second-order valence-corrected chi connectivity index (χ2v) is 12.9. The maximum atomic E-state index is 12.6. The Balaban J connectivity index is 1.35. The average Bonchev–Trinajstić information content (AvgIpc) is 3.43. The highest BCUT2D eigenvalue weighted by Crippen LogP contribution is 2.31. The second kappa shape index (κ2) is 11.0. The minimum absolute atomic E-state index is 0.122. The fourth-order valence-electron chi connectivity index (χ4n) is 4.42. The van der Waals surface area contributed by atoms with Gasteiger partial charge in [-0.05, 0) is 50.5 Å². The van der Waals surface area contributed by atoms with E-state index >= 15 is 0 Å². The lowest BCUT2D eigenvalue weighted by molar-refractivity contribution is 0.0776. The van der Waals surface area contributed by atoms with E-state index in [2.05, 4.69) is 20.4 Å². The van der Waals surface area contributed by atoms with Crippen molar-refractivity contribution in [3.05, 3.63) is 60.3 Å².